The highest BCUT2D eigenvalue weighted by molar-refractivity contribution is 9.10. The third-order valence-corrected chi connectivity index (χ3v) is 2.84. The molecule has 0 heterocycles. The Bertz CT molecular complexity index is 524. The van der Waals surface area contributed by atoms with E-state index in [1.807, 2.05) is 0 Å². The van der Waals surface area contributed by atoms with Crippen molar-refractivity contribution in [3.63, 3.8) is 0 Å². The molecule has 1 rings (SSSR count). The molecule has 2 amide bonds. The third-order valence-electron chi connectivity index (χ3n) is 2.31. The van der Waals surface area contributed by atoms with Gasteiger partial charge < -0.3 is 10.6 Å². The van der Waals surface area contributed by atoms with Crippen LogP contribution in [-0.2, 0) is 9.59 Å². The molecule has 0 atom stereocenters. The van der Waals surface area contributed by atoms with Crippen LogP contribution in [0, 0.1) is 0 Å². The summed E-state index contributed by atoms with van der Waals surface area (Å²) in [5, 5.41) is 5.10. The Morgan fingerprint density at radius 1 is 1.05 bits per heavy atom. The van der Waals surface area contributed by atoms with Gasteiger partial charge in [-0.15, -0.1) is 0 Å². The van der Waals surface area contributed by atoms with E-state index in [-0.39, 0.29) is 17.6 Å². The molecule has 0 aliphatic heterocycles. The normalized spacial score (nSPS) is 10.3. The highest BCUT2D eigenvalue weighted by Crippen LogP contribution is 2.11. The standard InChI is InChI=1S/C14H15BrN2O3/c1-10(18)16-8-9-17-14(20)7-6-13(19)11-2-4-12(15)5-3-11/h2-7H,8-9H2,1H3,(H,16,18)(H,17,20)/b7-6+. The average Bonchev–Trinajstić information content (AvgIpc) is 2.41. The average molecular weight is 339 g/mol. The second kappa shape index (κ2) is 8.27. The molecule has 0 bridgehead atoms. The predicted octanol–water partition coefficient (Wildman–Crippen LogP) is 1.44. The molecule has 0 saturated carbocycles. The van der Waals surface area contributed by atoms with Crippen LogP contribution in [0.25, 0.3) is 0 Å². The molecular formula is C14H15BrN2O3. The van der Waals surface area contributed by atoms with E-state index in [1.54, 1.807) is 24.3 Å². The molecule has 0 fully saturated rings. The summed E-state index contributed by atoms with van der Waals surface area (Å²) in [7, 11) is 0. The maximum Gasteiger partial charge on any atom is 0.244 e. The van der Waals surface area contributed by atoms with Gasteiger partial charge in [0.25, 0.3) is 0 Å². The minimum atomic E-state index is -0.374. The third kappa shape index (κ3) is 6.29. The molecule has 6 heteroatoms. The van der Waals surface area contributed by atoms with Gasteiger partial charge in [-0.25, -0.2) is 0 Å². The van der Waals surface area contributed by atoms with Gasteiger partial charge in [0.2, 0.25) is 11.8 Å². The van der Waals surface area contributed by atoms with E-state index in [1.165, 1.54) is 19.1 Å². The second-order valence-corrected chi connectivity index (χ2v) is 4.89. The Morgan fingerprint density at radius 3 is 2.25 bits per heavy atom. The van der Waals surface area contributed by atoms with Gasteiger partial charge in [0.15, 0.2) is 5.78 Å². The lowest BCUT2D eigenvalue weighted by molar-refractivity contribution is -0.119. The number of allylic oxidation sites excluding steroid dienone is 1. The Morgan fingerprint density at radius 2 is 1.65 bits per heavy atom. The highest BCUT2D eigenvalue weighted by Gasteiger charge is 2.02. The summed E-state index contributed by atoms with van der Waals surface area (Å²) in [6, 6.07) is 6.86. The monoisotopic (exact) mass is 338 g/mol. The van der Waals surface area contributed by atoms with E-state index in [2.05, 4.69) is 26.6 Å². The van der Waals surface area contributed by atoms with Crippen LogP contribution in [0.3, 0.4) is 0 Å². The summed E-state index contributed by atoms with van der Waals surface area (Å²) < 4.78 is 0.883. The molecule has 0 aliphatic carbocycles. The minimum Gasteiger partial charge on any atom is -0.355 e. The molecule has 0 aromatic heterocycles. The number of carbonyl (C=O) groups excluding carboxylic acids is 3. The number of rotatable bonds is 6. The van der Waals surface area contributed by atoms with Crippen LogP contribution >= 0.6 is 15.9 Å². The van der Waals surface area contributed by atoms with Crippen molar-refractivity contribution in [3.05, 3.63) is 46.5 Å². The van der Waals surface area contributed by atoms with E-state index < -0.39 is 0 Å². The maximum atomic E-state index is 11.7. The van der Waals surface area contributed by atoms with Crippen LogP contribution in [0.5, 0.6) is 0 Å². The first-order valence-electron chi connectivity index (χ1n) is 5.99. The van der Waals surface area contributed by atoms with E-state index in [0.717, 1.165) is 4.47 Å². The summed E-state index contributed by atoms with van der Waals surface area (Å²) in [5.74, 6) is -0.768. The van der Waals surface area contributed by atoms with Crippen molar-refractivity contribution in [3.8, 4) is 0 Å². The molecule has 106 valence electrons. The van der Waals surface area contributed by atoms with Crippen LogP contribution in [0.2, 0.25) is 0 Å². The fraction of sp³-hybridized carbons (Fsp3) is 0.214. The van der Waals surface area contributed by atoms with E-state index in [4.69, 9.17) is 0 Å². The van der Waals surface area contributed by atoms with Gasteiger partial charge in [0, 0.05) is 36.1 Å². The van der Waals surface area contributed by atoms with E-state index in [0.29, 0.717) is 18.7 Å². The Labute approximate surface area is 125 Å². The van der Waals surface area contributed by atoms with Crippen LogP contribution < -0.4 is 10.6 Å². The van der Waals surface area contributed by atoms with Gasteiger partial charge in [-0.05, 0) is 30.3 Å². The molecule has 0 unspecified atom stereocenters. The number of amides is 2. The van der Waals surface area contributed by atoms with Gasteiger partial charge in [-0.1, -0.05) is 15.9 Å². The van der Waals surface area contributed by atoms with Crippen molar-refractivity contribution in [2.24, 2.45) is 0 Å². The number of ketones is 1. The SMILES string of the molecule is CC(=O)NCCNC(=O)/C=C/C(=O)c1ccc(Br)cc1. The van der Waals surface area contributed by atoms with Crippen molar-refractivity contribution in [1.82, 2.24) is 10.6 Å². The maximum absolute atomic E-state index is 11.7. The van der Waals surface area contributed by atoms with Crippen molar-refractivity contribution < 1.29 is 14.4 Å². The molecule has 0 saturated heterocycles. The number of halogens is 1. The van der Waals surface area contributed by atoms with Gasteiger partial charge in [-0.2, -0.15) is 0 Å². The minimum absolute atomic E-state index is 0.153. The van der Waals surface area contributed by atoms with Crippen molar-refractivity contribution in [2.45, 2.75) is 6.92 Å². The Hall–Kier alpha value is -1.95. The van der Waals surface area contributed by atoms with Gasteiger partial charge in [0.1, 0.15) is 0 Å². The topological polar surface area (TPSA) is 75.3 Å². The number of carbonyl (C=O) groups is 3. The summed E-state index contributed by atoms with van der Waals surface area (Å²) in [6.45, 7) is 2.07. The number of nitrogens with one attached hydrogen (secondary N) is 2. The summed E-state index contributed by atoms with van der Waals surface area (Å²) in [5.41, 5.74) is 0.510. The number of hydrogen-bond acceptors (Lipinski definition) is 3. The highest BCUT2D eigenvalue weighted by atomic mass is 79.9. The second-order valence-electron chi connectivity index (χ2n) is 3.98. The van der Waals surface area contributed by atoms with Crippen LogP contribution in [-0.4, -0.2) is 30.7 Å². The quantitative estimate of drug-likeness (QED) is 0.468. The van der Waals surface area contributed by atoms with Gasteiger partial charge in [0.05, 0.1) is 0 Å². The summed E-state index contributed by atoms with van der Waals surface area (Å²) >= 11 is 3.28. The fourth-order valence-electron chi connectivity index (χ4n) is 1.34. The lowest BCUT2D eigenvalue weighted by atomic mass is 10.1. The van der Waals surface area contributed by atoms with E-state index >= 15 is 0 Å². The fourth-order valence-corrected chi connectivity index (χ4v) is 1.61. The zero-order valence-electron chi connectivity index (χ0n) is 11.0. The predicted molar refractivity (Wildman–Crippen MR) is 79.3 cm³/mol. The molecule has 20 heavy (non-hydrogen) atoms. The molecule has 1 aromatic rings. The van der Waals surface area contributed by atoms with Gasteiger partial charge >= 0.3 is 0 Å². The smallest absolute Gasteiger partial charge is 0.244 e. The number of hydrogen-bond donors (Lipinski definition) is 2. The largest absolute Gasteiger partial charge is 0.355 e. The van der Waals surface area contributed by atoms with Crippen LogP contribution in [0.4, 0.5) is 0 Å². The lowest BCUT2D eigenvalue weighted by Crippen LogP contribution is -2.32. The van der Waals surface area contributed by atoms with E-state index in [9.17, 15) is 14.4 Å². The molecular weight excluding hydrogens is 324 g/mol. The Balaban J connectivity index is 2.39. The van der Waals surface area contributed by atoms with Crippen molar-refractivity contribution in [1.29, 1.82) is 0 Å². The van der Waals surface area contributed by atoms with Gasteiger partial charge in [-0.3, -0.25) is 14.4 Å². The Kier molecular flexibility index (Phi) is 6.66. The first-order chi connectivity index (χ1) is 9.49. The molecule has 0 spiro atoms. The number of benzene rings is 1. The first-order valence-corrected chi connectivity index (χ1v) is 6.78. The zero-order valence-corrected chi connectivity index (χ0v) is 12.6. The lowest BCUT2D eigenvalue weighted by Gasteiger charge is -2.02. The molecule has 5 nitrogen and oxygen atoms in total. The first kappa shape index (κ1) is 16.1. The summed E-state index contributed by atoms with van der Waals surface area (Å²) in [6.07, 6.45) is 2.40. The summed E-state index contributed by atoms with van der Waals surface area (Å²) in [4.78, 5) is 33.7. The molecule has 0 aliphatic rings. The zero-order chi connectivity index (χ0) is 15.0. The van der Waals surface area contributed by atoms with Crippen molar-refractivity contribution >= 4 is 33.5 Å². The molecule has 0 radical (unpaired) electrons. The van der Waals surface area contributed by atoms with Crippen molar-refractivity contribution in [2.75, 3.05) is 13.1 Å². The van der Waals surface area contributed by atoms with Crippen LogP contribution in [0.15, 0.2) is 40.9 Å². The van der Waals surface area contributed by atoms with Crippen LogP contribution in [0.1, 0.15) is 17.3 Å². The molecule has 1 aromatic carbocycles. The molecule has 2 N–H and O–H groups in total.